The van der Waals surface area contributed by atoms with Gasteiger partial charge >= 0.3 is 12.3 Å². The molecule has 1 spiro atoms. The van der Waals surface area contributed by atoms with Gasteiger partial charge in [-0.3, -0.25) is 19.1 Å². The minimum atomic E-state index is -4.95. The predicted molar refractivity (Wildman–Crippen MR) is 244 cm³/mol. The predicted octanol–water partition coefficient (Wildman–Crippen LogP) is 5.80. The highest BCUT2D eigenvalue weighted by molar-refractivity contribution is 7.91. The van der Waals surface area contributed by atoms with Crippen LogP contribution in [0.2, 0.25) is 0 Å². The number of nitrogens with zero attached hydrogens (tertiary/aromatic N) is 3. The lowest BCUT2D eigenvalue weighted by Gasteiger charge is -2.37. The van der Waals surface area contributed by atoms with Crippen LogP contribution in [0.5, 0.6) is 11.5 Å². The van der Waals surface area contributed by atoms with Gasteiger partial charge in [-0.25, -0.2) is 18.2 Å². The molecule has 3 N–H and O–H groups in total. The summed E-state index contributed by atoms with van der Waals surface area (Å²) in [5, 5.41) is 5.94. The number of carbonyl (C=O) groups excluding carboxylic acids is 4. The van der Waals surface area contributed by atoms with Gasteiger partial charge in [0.05, 0.1) is 36.6 Å². The van der Waals surface area contributed by atoms with E-state index in [4.69, 9.17) is 18.9 Å². The third-order valence-corrected chi connectivity index (χ3v) is 16.8. The quantitative estimate of drug-likeness (QED) is 0.217. The molecular weight excluding hydrogens is 910 g/mol. The fourth-order valence-corrected chi connectivity index (χ4v) is 11.3. The molecule has 1 aromatic carbocycles. The summed E-state index contributed by atoms with van der Waals surface area (Å²) in [7, 11) is -2.43. The lowest BCUT2D eigenvalue weighted by molar-refractivity contribution is -0.144. The number of piperidine rings is 1. The molecule has 1 aromatic heterocycles. The van der Waals surface area contributed by atoms with Crippen molar-refractivity contribution < 1.29 is 59.7 Å². The molecule has 0 bridgehead atoms. The Hall–Kier alpha value is -4.69. The summed E-state index contributed by atoms with van der Waals surface area (Å²) in [4.78, 5) is 64.5. The first kappa shape index (κ1) is 49.7. The zero-order chi connectivity index (χ0) is 48.6. The van der Waals surface area contributed by atoms with E-state index in [-0.39, 0.29) is 62.3 Å². The average Bonchev–Trinajstić information content (AvgIpc) is 4.19. The first-order valence-corrected chi connectivity index (χ1v) is 25.6. The summed E-state index contributed by atoms with van der Waals surface area (Å²) in [6.45, 7) is 8.79. The van der Waals surface area contributed by atoms with Crippen LogP contribution in [0.4, 0.5) is 18.0 Å². The number of ether oxygens (including phenoxy) is 4. The van der Waals surface area contributed by atoms with Crippen molar-refractivity contribution >= 4 is 44.7 Å². The Morgan fingerprint density at radius 3 is 2.53 bits per heavy atom. The highest BCUT2D eigenvalue weighted by Crippen LogP contribution is 2.51. The van der Waals surface area contributed by atoms with Crippen LogP contribution < -0.4 is 24.8 Å². The van der Waals surface area contributed by atoms with Gasteiger partial charge in [-0.1, -0.05) is 38.8 Å². The molecule has 6 aliphatic rings. The van der Waals surface area contributed by atoms with Gasteiger partial charge in [-0.15, -0.1) is 0 Å². The molecule has 4 amide bonds. The van der Waals surface area contributed by atoms with Crippen molar-refractivity contribution in [2.45, 2.75) is 138 Å². The second-order valence-corrected chi connectivity index (χ2v) is 22.6. The van der Waals surface area contributed by atoms with Gasteiger partial charge in [0.25, 0.3) is 5.91 Å². The highest BCUT2D eigenvalue weighted by Gasteiger charge is 2.64. The number of halogens is 3. The van der Waals surface area contributed by atoms with Gasteiger partial charge in [-0.05, 0) is 114 Å². The number of methoxy groups -OCH3 is 1. The molecule has 4 fully saturated rings. The van der Waals surface area contributed by atoms with Crippen LogP contribution in [-0.2, 0) is 46.5 Å². The van der Waals surface area contributed by atoms with Crippen molar-refractivity contribution in [3.05, 3.63) is 41.6 Å². The minimum absolute atomic E-state index is 0.000426. The first-order chi connectivity index (χ1) is 32.3. The monoisotopic (exact) mass is 974 g/mol. The number of amides is 4. The molecule has 5 atom stereocenters. The maximum absolute atomic E-state index is 15.1. The van der Waals surface area contributed by atoms with Gasteiger partial charge < -0.3 is 39.4 Å². The molecule has 4 aliphatic heterocycles. The molecule has 2 aromatic rings. The van der Waals surface area contributed by atoms with E-state index in [2.05, 4.69) is 25.2 Å². The van der Waals surface area contributed by atoms with Crippen LogP contribution in [0.1, 0.15) is 109 Å². The van der Waals surface area contributed by atoms with Gasteiger partial charge in [0.2, 0.25) is 21.8 Å². The third-order valence-electron chi connectivity index (χ3n) is 14.7. The fourth-order valence-electron chi connectivity index (χ4n) is 10.0. The first-order valence-electron chi connectivity index (χ1n) is 24.1. The van der Waals surface area contributed by atoms with Crippen LogP contribution in [0.3, 0.4) is 0 Å². The topological polar surface area (TPSA) is 195 Å². The number of hydrogen-bond acceptors (Lipinski definition) is 12. The summed E-state index contributed by atoms with van der Waals surface area (Å²) in [6, 6.07) is 2.24. The van der Waals surface area contributed by atoms with Crippen molar-refractivity contribution in [2.75, 3.05) is 53.1 Å². The standard InChI is InChI=1S/C48H65F3N6O10S/c1-30(2)27-66-44(61)53-37-11-9-7-5-6-8-10-32-25-47(32,43(60)55-68(62,63)45(3)18-19-45)54-41(58)38-26-46(29-57(38)42(37)59)17-14-34-35-24-33(65-28-31-15-20-56(21-16-31)22-23-64-4)12-13-36(35)52-40(39(34)67-46)48(49,50)51/h8,10,12-13,24,30-32,37-38H,5-7,9,11,14-23,25-29H2,1-4H3,(H,53,61)(H,54,58)(H,55,60). The second kappa shape index (κ2) is 19.6. The zero-order valence-corrected chi connectivity index (χ0v) is 40.2. The summed E-state index contributed by atoms with van der Waals surface area (Å²) in [5.74, 6) is -2.67. The van der Waals surface area contributed by atoms with Gasteiger partial charge in [0.15, 0.2) is 11.4 Å². The lowest BCUT2D eigenvalue weighted by atomic mass is 9.87. The number of hydrogen-bond donors (Lipinski definition) is 3. The van der Waals surface area contributed by atoms with Crippen molar-refractivity contribution in [3.8, 4) is 11.5 Å². The Bertz CT molecular complexity index is 2390. The number of allylic oxidation sites excluding steroid dienone is 1. The smallest absolute Gasteiger partial charge is 0.437 e. The molecule has 2 saturated carbocycles. The SMILES string of the molecule is COCCN1CCC(COc2ccc3nc(C(F)(F)F)c4c(c3c2)CCC2(CC3C(=O)NC5(C(=O)NS(=O)(=O)C6(C)CC6)CC5C=CCCCCCC(NC(=O)OCC(C)C)C(=O)N3C2)O4)CC1. The van der Waals surface area contributed by atoms with E-state index in [1.54, 1.807) is 32.2 Å². The number of nitrogens with one attached hydrogen (secondary N) is 3. The molecule has 2 saturated heterocycles. The minimum Gasteiger partial charge on any atom is -0.493 e. The molecule has 20 heteroatoms. The van der Waals surface area contributed by atoms with Crippen LogP contribution in [0.25, 0.3) is 10.9 Å². The van der Waals surface area contributed by atoms with E-state index in [1.807, 2.05) is 19.9 Å². The number of aryl methyl sites for hydroxylation is 1. The third kappa shape index (κ3) is 10.7. The Kier molecular flexibility index (Phi) is 14.3. The molecule has 374 valence electrons. The maximum Gasteiger partial charge on any atom is 0.437 e. The van der Waals surface area contributed by atoms with Crippen molar-refractivity contribution in [1.82, 2.24) is 30.1 Å². The van der Waals surface area contributed by atoms with Gasteiger partial charge in [0, 0.05) is 36.9 Å². The Morgan fingerprint density at radius 2 is 1.82 bits per heavy atom. The van der Waals surface area contributed by atoms with E-state index < -0.39 is 85.3 Å². The number of rotatable bonds is 12. The van der Waals surface area contributed by atoms with Crippen LogP contribution in [0, 0.1) is 17.8 Å². The summed E-state index contributed by atoms with van der Waals surface area (Å²) in [6.07, 6.45) is 3.15. The molecule has 2 aliphatic carbocycles. The summed E-state index contributed by atoms with van der Waals surface area (Å²) >= 11 is 0. The van der Waals surface area contributed by atoms with E-state index in [0.717, 1.165) is 32.5 Å². The van der Waals surface area contributed by atoms with Crippen molar-refractivity contribution in [1.29, 1.82) is 0 Å². The van der Waals surface area contributed by atoms with Crippen molar-refractivity contribution in [2.24, 2.45) is 17.8 Å². The summed E-state index contributed by atoms with van der Waals surface area (Å²) < 4.78 is 96.3. The van der Waals surface area contributed by atoms with Crippen LogP contribution in [0.15, 0.2) is 30.4 Å². The molecule has 5 heterocycles. The molecule has 16 nitrogen and oxygen atoms in total. The Morgan fingerprint density at radius 1 is 1.06 bits per heavy atom. The van der Waals surface area contributed by atoms with E-state index in [0.29, 0.717) is 68.8 Å². The number of alkyl carbamates (subject to hydrolysis) is 1. The van der Waals surface area contributed by atoms with Crippen LogP contribution in [-0.4, -0.2) is 128 Å². The van der Waals surface area contributed by atoms with Crippen LogP contribution >= 0.6 is 0 Å². The number of pyridine rings is 1. The van der Waals surface area contributed by atoms with E-state index in [1.165, 1.54) is 11.0 Å². The number of fused-ring (bicyclic) bond motifs is 5. The number of sulfonamides is 1. The number of aromatic nitrogens is 1. The molecule has 0 radical (unpaired) electrons. The molecule has 68 heavy (non-hydrogen) atoms. The number of likely N-dealkylation sites (tertiary alicyclic amines) is 1. The zero-order valence-electron chi connectivity index (χ0n) is 39.4. The van der Waals surface area contributed by atoms with Gasteiger partial charge in [0.1, 0.15) is 29.0 Å². The molecular formula is C48H65F3N6O10S. The highest BCUT2D eigenvalue weighted by atomic mass is 32.2. The summed E-state index contributed by atoms with van der Waals surface area (Å²) in [5.41, 5.74) is -4.08. The largest absolute Gasteiger partial charge is 0.493 e. The lowest BCUT2D eigenvalue weighted by Crippen LogP contribution is -2.58. The van der Waals surface area contributed by atoms with E-state index >= 15 is 13.2 Å². The number of benzene rings is 1. The average molecular weight is 975 g/mol. The Labute approximate surface area is 395 Å². The Balaban J connectivity index is 1.10. The molecule has 8 rings (SSSR count). The van der Waals surface area contributed by atoms with Crippen molar-refractivity contribution in [3.63, 3.8) is 0 Å². The van der Waals surface area contributed by atoms with Gasteiger partial charge in [-0.2, -0.15) is 13.2 Å². The normalized spacial score (nSPS) is 27.8. The maximum atomic E-state index is 15.1. The molecule has 5 unspecified atom stereocenters. The number of carbonyl (C=O) groups is 4. The number of alkyl halides is 3. The second-order valence-electron chi connectivity index (χ2n) is 20.4. The van der Waals surface area contributed by atoms with E-state index in [9.17, 15) is 27.6 Å². The fraction of sp³-hybridized carbons (Fsp3) is 0.688.